The maximum Gasteiger partial charge on any atom is 0.269 e. The number of aromatic nitrogens is 3. The van der Waals surface area contributed by atoms with E-state index in [2.05, 4.69) is 31.5 Å². The first kappa shape index (κ1) is 18.4. The first-order chi connectivity index (χ1) is 13.8. The molecule has 0 saturated carbocycles. The number of amides is 1. The highest BCUT2D eigenvalue weighted by Gasteiger charge is 2.23. The number of hydrogen-bond donors (Lipinski definition) is 2. The van der Waals surface area contributed by atoms with Gasteiger partial charge in [0.05, 0.1) is 11.7 Å². The summed E-state index contributed by atoms with van der Waals surface area (Å²) in [5, 5.41) is 10.2. The van der Waals surface area contributed by atoms with Gasteiger partial charge in [-0.05, 0) is 43.6 Å². The van der Waals surface area contributed by atoms with Gasteiger partial charge in [-0.15, -0.1) is 0 Å². The van der Waals surface area contributed by atoms with Gasteiger partial charge < -0.3 is 5.32 Å². The van der Waals surface area contributed by atoms with E-state index in [0.717, 1.165) is 29.9 Å². The first-order valence-corrected chi connectivity index (χ1v) is 9.84. The summed E-state index contributed by atoms with van der Waals surface area (Å²) in [6.07, 6.45) is 7.36. The Balaban J connectivity index is 1.45. The topological polar surface area (TPSA) is 73.9 Å². The number of likely N-dealkylation sites (tertiary alicyclic amines) is 1. The van der Waals surface area contributed by atoms with Crippen LogP contribution in [0, 0.1) is 0 Å². The third kappa shape index (κ3) is 4.28. The number of benzene rings is 1. The molecule has 1 amide bonds. The second kappa shape index (κ2) is 8.80. The minimum Gasteiger partial charge on any atom is -0.349 e. The van der Waals surface area contributed by atoms with Crippen molar-refractivity contribution in [3.05, 3.63) is 72.2 Å². The van der Waals surface area contributed by atoms with Crippen LogP contribution in [0.5, 0.6) is 0 Å². The van der Waals surface area contributed by atoms with Crippen molar-refractivity contribution in [2.24, 2.45) is 0 Å². The monoisotopic (exact) mass is 375 g/mol. The van der Waals surface area contributed by atoms with Gasteiger partial charge in [-0.3, -0.25) is 19.8 Å². The molecule has 1 atom stereocenters. The molecule has 1 aliphatic heterocycles. The number of pyridine rings is 1. The van der Waals surface area contributed by atoms with Gasteiger partial charge in [0.15, 0.2) is 0 Å². The molecule has 3 aromatic rings. The second-order valence-corrected chi connectivity index (χ2v) is 7.14. The zero-order valence-electron chi connectivity index (χ0n) is 15.8. The number of piperidine rings is 1. The van der Waals surface area contributed by atoms with Crippen LogP contribution in [0.15, 0.2) is 60.9 Å². The number of nitrogens with one attached hydrogen (secondary N) is 2. The number of hydrogen-bond acceptors (Lipinski definition) is 4. The molecule has 28 heavy (non-hydrogen) atoms. The van der Waals surface area contributed by atoms with Crippen LogP contribution in [-0.2, 0) is 0 Å². The van der Waals surface area contributed by atoms with Crippen molar-refractivity contribution in [2.45, 2.75) is 25.3 Å². The SMILES string of the molecule is O=C(NC[C@@H](c1cccnc1)N1CCCCC1)c1cc(-c2ccccc2)n[nH]1. The number of carbonyl (C=O) groups is 1. The number of carbonyl (C=O) groups excluding carboxylic acids is 1. The number of aromatic amines is 1. The van der Waals surface area contributed by atoms with Crippen LogP contribution >= 0.6 is 0 Å². The Morgan fingerprint density at radius 3 is 2.68 bits per heavy atom. The van der Waals surface area contributed by atoms with E-state index in [-0.39, 0.29) is 11.9 Å². The molecule has 0 bridgehead atoms. The Hall–Kier alpha value is -2.99. The van der Waals surface area contributed by atoms with E-state index < -0.39 is 0 Å². The van der Waals surface area contributed by atoms with Gasteiger partial charge in [-0.1, -0.05) is 42.8 Å². The normalized spacial score (nSPS) is 15.9. The highest BCUT2D eigenvalue weighted by Crippen LogP contribution is 2.24. The maximum absolute atomic E-state index is 12.7. The lowest BCUT2D eigenvalue weighted by Crippen LogP contribution is -2.40. The Morgan fingerprint density at radius 2 is 1.93 bits per heavy atom. The highest BCUT2D eigenvalue weighted by atomic mass is 16.1. The second-order valence-electron chi connectivity index (χ2n) is 7.14. The molecule has 2 N–H and O–H groups in total. The zero-order chi connectivity index (χ0) is 19.2. The van der Waals surface area contributed by atoms with Crippen LogP contribution in [-0.4, -0.2) is 45.6 Å². The zero-order valence-corrected chi connectivity index (χ0v) is 15.8. The quantitative estimate of drug-likeness (QED) is 0.692. The summed E-state index contributed by atoms with van der Waals surface area (Å²) in [5.74, 6) is -0.138. The van der Waals surface area contributed by atoms with Crippen LogP contribution in [0.2, 0.25) is 0 Å². The Kier molecular flexibility index (Phi) is 5.77. The molecule has 1 fully saturated rings. The van der Waals surface area contributed by atoms with Gasteiger partial charge in [0.25, 0.3) is 5.91 Å². The molecule has 1 aliphatic rings. The average molecular weight is 375 g/mol. The fourth-order valence-corrected chi connectivity index (χ4v) is 3.74. The third-order valence-corrected chi connectivity index (χ3v) is 5.25. The molecule has 144 valence electrons. The Morgan fingerprint density at radius 1 is 1.11 bits per heavy atom. The van der Waals surface area contributed by atoms with Crippen molar-refractivity contribution in [1.29, 1.82) is 0 Å². The van der Waals surface area contributed by atoms with Crippen molar-refractivity contribution in [2.75, 3.05) is 19.6 Å². The maximum atomic E-state index is 12.7. The van der Waals surface area contributed by atoms with Crippen molar-refractivity contribution >= 4 is 5.91 Å². The van der Waals surface area contributed by atoms with Gasteiger partial charge in [0.2, 0.25) is 0 Å². The molecule has 1 saturated heterocycles. The van der Waals surface area contributed by atoms with Crippen molar-refractivity contribution in [1.82, 2.24) is 25.4 Å². The van der Waals surface area contributed by atoms with Gasteiger partial charge in [-0.25, -0.2) is 0 Å². The smallest absolute Gasteiger partial charge is 0.269 e. The Labute approximate surface area is 165 Å². The average Bonchev–Trinajstić information content (AvgIpc) is 3.26. The number of H-pyrrole nitrogens is 1. The third-order valence-electron chi connectivity index (χ3n) is 5.25. The number of nitrogens with zero attached hydrogens (tertiary/aromatic N) is 3. The van der Waals surface area contributed by atoms with Crippen LogP contribution in [0.3, 0.4) is 0 Å². The van der Waals surface area contributed by atoms with Gasteiger partial charge in [-0.2, -0.15) is 5.10 Å². The summed E-state index contributed by atoms with van der Waals surface area (Å²) in [7, 11) is 0. The molecular formula is C22H25N5O. The predicted octanol–water partition coefficient (Wildman–Crippen LogP) is 3.43. The fourth-order valence-electron chi connectivity index (χ4n) is 3.74. The molecule has 0 aliphatic carbocycles. The van der Waals surface area contributed by atoms with Gasteiger partial charge >= 0.3 is 0 Å². The molecule has 0 unspecified atom stereocenters. The van der Waals surface area contributed by atoms with E-state index in [1.165, 1.54) is 19.3 Å². The summed E-state index contributed by atoms with van der Waals surface area (Å²) in [5.41, 5.74) is 3.37. The van der Waals surface area contributed by atoms with E-state index in [1.54, 1.807) is 12.3 Å². The van der Waals surface area contributed by atoms with Crippen molar-refractivity contribution in [3.63, 3.8) is 0 Å². The summed E-state index contributed by atoms with van der Waals surface area (Å²) in [6.45, 7) is 2.65. The lowest BCUT2D eigenvalue weighted by molar-refractivity contribution is 0.0919. The minimum atomic E-state index is -0.138. The fraction of sp³-hybridized carbons (Fsp3) is 0.318. The van der Waals surface area contributed by atoms with E-state index in [0.29, 0.717) is 12.2 Å². The van der Waals surface area contributed by atoms with E-state index in [4.69, 9.17) is 0 Å². The molecular weight excluding hydrogens is 350 g/mol. The van der Waals surface area contributed by atoms with Gasteiger partial charge in [0.1, 0.15) is 5.69 Å². The molecule has 2 aromatic heterocycles. The lowest BCUT2D eigenvalue weighted by Gasteiger charge is -2.34. The van der Waals surface area contributed by atoms with Crippen molar-refractivity contribution in [3.8, 4) is 11.3 Å². The number of rotatable bonds is 6. The molecule has 6 heteroatoms. The van der Waals surface area contributed by atoms with Crippen LogP contribution in [0.4, 0.5) is 0 Å². The first-order valence-electron chi connectivity index (χ1n) is 9.84. The van der Waals surface area contributed by atoms with E-state index >= 15 is 0 Å². The van der Waals surface area contributed by atoms with Crippen LogP contribution in [0.1, 0.15) is 41.4 Å². The van der Waals surface area contributed by atoms with E-state index in [1.807, 2.05) is 42.6 Å². The van der Waals surface area contributed by atoms with E-state index in [9.17, 15) is 4.79 Å². The molecule has 3 heterocycles. The largest absolute Gasteiger partial charge is 0.349 e. The van der Waals surface area contributed by atoms with Crippen molar-refractivity contribution < 1.29 is 4.79 Å². The molecule has 4 rings (SSSR count). The van der Waals surface area contributed by atoms with Gasteiger partial charge in [0, 0.05) is 24.5 Å². The van der Waals surface area contributed by atoms with Crippen LogP contribution < -0.4 is 5.32 Å². The standard InChI is InChI=1S/C22H25N5O/c28-22(20-14-19(25-26-20)17-8-3-1-4-9-17)24-16-21(18-10-7-11-23-15-18)27-12-5-2-6-13-27/h1,3-4,7-11,14-15,21H,2,5-6,12-13,16H2,(H,24,28)(H,25,26)/t21-/m0/s1. The van der Waals surface area contributed by atoms with Crippen LogP contribution in [0.25, 0.3) is 11.3 Å². The Bertz CT molecular complexity index is 888. The molecule has 1 aromatic carbocycles. The minimum absolute atomic E-state index is 0.134. The highest BCUT2D eigenvalue weighted by molar-refractivity contribution is 5.93. The summed E-state index contributed by atoms with van der Waals surface area (Å²) in [4.78, 5) is 19.4. The molecule has 0 spiro atoms. The summed E-state index contributed by atoms with van der Waals surface area (Å²) < 4.78 is 0. The lowest BCUT2D eigenvalue weighted by atomic mass is 10.0. The molecule has 6 nitrogen and oxygen atoms in total. The summed E-state index contributed by atoms with van der Waals surface area (Å²) >= 11 is 0. The predicted molar refractivity (Wildman–Crippen MR) is 109 cm³/mol. The molecule has 0 radical (unpaired) electrons. The summed E-state index contributed by atoms with van der Waals surface area (Å²) in [6, 6.07) is 15.8.